The third-order valence-electron chi connectivity index (χ3n) is 7.65. The number of ether oxygens (including phenoxy) is 1. The van der Waals surface area contributed by atoms with Crippen molar-refractivity contribution in [3.63, 3.8) is 0 Å². The summed E-state index contributed by atoms with van der Waals surface area (Å²) < 4.78 is 6.51. The summed E-state index contributed by atoms with van der Waals surface area (Å²) in [5.41, 5.74) is 1.38. The summed E-state index contributed by atoms with van der Waals surface area (Å²) in [6.07, 6.45) is 9.57. The molecule has 2 N–H and O–H groups in total. The van der Waals surface area contributed by atoms with Gasteiger partial charge >= 0.3 is 0 Å². The molecule has 200 valence electrons. The minimum Gasteiger partial charge on any atom is -0.488 e. The second-order valence-electron chi connectivity index (χ2n) is 10.7. The average Bonchev–Trinajstić information content (AvgIpc) is 2.91. The van der Waals surface area contributed by atoms with Gasteiger partial charge < -0.3 is 25.0 Å². The lowest BCUT2D eigenvalue weighted by atomic mass is 9.89. The monoisotopic (exact) mass is 508 g/mol. The number of hydrogen-bond acceptors (Lipinski definition) is 6. The Morgan fingerprint density at radius 1 is 1.19 bits per heavy atom. The maximum absolute atomic E-state index is 13.6. The molecule has 0 bridgehead atoms. The molecule has 1 aliphatic heterocycles. The molecule has 0 radical (unpaired) electrons. The lowest BCUT2D eigenvalue weighted by Gasteiger charge is -2.38. The van der Waals surface area contributed by atoms with Crippen LogP contribution in [-0.2, 0) is 0 Å². The number of fused-ring (bicyclic) bond motifs is 1. The van der Waals surface area contributed by atoms with Gasteiger partial charge in [0.15, 0.2) is 0 Å². The van der Waals surface area contributed by atoms with Crippen molar-refractivity contribution in [2.24, 2.45) is 11.8 Å². The van der Waals surface area contributed by atoms with Crippen molar-refractivity contribution in [2.45, 2.75) is 58.1 Å². The van der Waals surface area contributed by atoms with Crippen LogP contribution in [0.4, 0.5) is 5.69 Å². The zero-order valence-corrected chi connectivity index (χ0v) is 22.2. The van der Waals surface area contributed by atoms with E-state index in [0.29, 0.717) is 29.1 Å². The SMILES string of the molecule is C[C@@H]1CN([C@@H](C)CO)C(=O)c2cc(NC(=O)c3ccncc3)ccc2O[C@H]1CN(C)CC1CCCCC1. The summed E-state index contributed by atoms with van der Waals surface area (Å²) in [7, 11) is 2.15. The molecule has 3 atom stereocenters. The highest BCUT2D eigenvalue weighted by molar-refractivity contribution is 6.05. The van der Waals surface area contributed by atoms with E-state index in [4.69, 9.17) is 4.74 Å². The number of likely N-dealkylation sites (N-methyl/N-ethyl adjacent to an activating group) is 1. The Morgan fingerprint density at radius 2 is 1.92 bits per heavy atom. The predicted octanol–water partition coefficient (Wildman–Crippen LogP) is 4.07. The highest BCUT2D eigenvalue weighted by Gasteiger charge is 2.34. The number of aliphatic hydroxyl groups excluding tert-OH is 1. The van der Waals surface area contributed by atoms with Gasteiger partial charge in [0.1, 0.15) is 11.9 Å². The lowest BCUT2D eigenvalue weighted by molar-refractivity contribution is 0.0330. The second kappa shape index (κ2) is 12.5. The Bertz CT molecular complexity index is 1060. The number of amides is 2. The Morgan fingerprint density at radius 3 is 2.62 bits per heavy atom. The molecule has 1 saturated carbocycles. The van der Waals surface area contributed by atoms with Crippen LogP contribution in [0.25, 0.3) is 0 Å². The number of nitrogens with zero attached hydrogens (tertiary/aromatic N) is 3. The Hall–Kier alpha value is -2.97. The molecule has 1 fully saturated rings. The number of carbonyl (C=O) groups excluding carboxylic acids is 2. The predicted molar refractivity (Wildman–Crippen MR) is 144 cm³/mol. The minimum atomic E-state index is -0.336. The van der Waals surface area contributed by atoms with E-state index in [1.807, 2.05) is 6.92 Å². The van der Waals surface area contributed by atoms with Crippen LogP contribution in [0.2, 0.25) is 0 Å². The van der Waals surface area contributed by atoms with Crippen molar-refractivity contribution in [1.82, 2.24) is 14.8 Å². The van der Waals surface area contributed by atoms with E-state index in [9.17, 15) is 14.7 Å². The van der Waals surface area contributed by atoms with E-state index in [1.165, 1.54) is 32.1 Å². The molecule has 37 heavy (non-hydrogen) atoms. The number of aromatic nitrogens is 1. The lowest BCUT2D eigenvalue weighted by Crippen LogP contribution is -2.50. The molecule has 2 heterocycles. The zero-order chi connectivity index (χ0) is 26.4. The van der Waals surface area contributed by atoms with Gasteiger partial charge in [-0.1, -0.05) is 26.2 Å². The first-order valence-electron chi connectivity index (χ1n) is 13.5. The van der Waals surface area contributed by atoms with Gasteiger partial charge in [0, 0.05) is 49.2 Å². The van der Waals surface area contributed by atoms with Crippen LogP contribution in [0.5, 0.6) is 5.75 Å². The van der Waals surface area contributed by atoms with E-state index in [2.05, 4.69) is 29.2 Å². The smallest absolute Gasteiger partial charge is 0.258 e. The summed E-state index contributed by atoms with van der Waals surface area (Å²) in [5.74, 6) is 0.819. The molecule has 1 aromatic carbocycles. The fourth-order valence-electron chi connectivity index (χ4n) is 5.42. The van der Waals surface area contributed by atoms with Crippen molar-refractivity contribution in [1.29, 1.82) is 0 Å². The van der Waals surface area contributed by atoms with Gasteiger partial charge in [-0.15, -0.1) is 0 Å². The first-order chi connectivity index (χ1) is 17.9. The standard InChI is InChI=1S/C29H40N4O4/c1-20-16-33(21(2)19-34)29(36)25-15-24(31-28(35)23-11-13-30-14-12-23)9-10-26(25)37-27(20)18-32(3)17-22-7-5-4-6-8-22/h9-15,20-22,27,34H,4-8,16-19H2,1-3H3,(H,31,35)/t20-,21+,27+/m1/s1. The Kier molecular flexibility index (Phi) is 9.16. The van der Waals surface area contributed by atoms with Crippen LogP contribution in [0, 0.1) is 11.8 Å². The van der Waals surface area contributed by atoms with Crippen LogP contribution in [0.15, 0.2) is 42.7 Å². The molecule has 1 aliphatic carbocycles. The number of aliphatic hydroxyl groups is 1. The van der Waals surface area contributed by atoms with Gasteiger partial charge in [0.05, 0.1) is 18.2 Å². The van der Waals surface area contributed by atoms with E-state index in [-0.39, 0.29) is 36.5 Å². The first kappa shape index (κ1) is 27.1. The zero-order valence-electron chi connectivity index (χ0n) is 22.2. The van der Waals surface area contributed by atoms with Gasteiger partial charge in [-0.3, -0.25) is 14.6 Å². The number of benzene rings is 1. The molecular weight excluding hydrogens is 468 g/mol. The highest BCUT2D eigenvalue weighted by atomic mass is 16.5. The molecule has 2 amide bonds. The van der Waals surface area contributed by atoms with Crippen LogP contribution < -0.4 is 10.1 Å². The maximum atomic E-state index is 13.6. The van der Waals surface area contributed by atoms with Crippen LogP contribution >= 0.6 is 0 Å². The Balaban J connectivity index is 1.57. The highest BCUT2D eigenvalue weighted by Crippen LogP contribution is 2.31. The second-order valence-corrected chi connectivity index (χ2v) is 10.7. The van der Waals surface area contributed by atoms with E-state index in [0.717, 1.165) is 19.0 Å². The molecule has 2 aromatic rings. The summed E-state index contributed by atoms with van der Waals surface area (Å²) in [5, 5.41) is 12.8. The van der Waals surface area contributed by atoms with E-state index >= 15 is 0 Å². The average molecular weight is 509 g/mol. The molecule has 0 spiro atoms. The summed E-state index contributed by atoms with van der Waals surface area (Å²) >= 11 is 0. The largest absolute Gasteiger partial charge is 0.488 e. The van der Waals surface area contributed by atoms with E-state index in [1.54, 1.807) is 47.6 Å². The van der Waals surface area contributed by atoms with Crippen LogP contribution in [0.1, 0.15) is 66.7 Å². The molecular formula is C29H40N4O4. The summed E-state index contributed by atoms with van der Waals surface area (Å²) in [4.78, 5) is 34.4. The molecule has 1 aromatic heterocycles. The van der Waals surface area contributed by atoms with Crippen molar-refractivity contribution < 1.29 is 19.4 Å². The third kappa shape index (κ3) is 6.87. The number of carbonyl (C=O) groups is 2. The number of nitrogens with one attached hydrogen (secondary N) is 1. The van der Waals surface area contributed by atoms with E-state index < -0.39 is 0 Å². The maximum Gasteiger partial charge on any atom is 0.258 e. The quantitative estimate of drug-likeness (QED) is 0.558. The molecule has 2 aliphatic rings. The van der Waals surface area contributed by atoms with Crippen molar-refractivity contribution in [3.05, 3.63) is 53.9 Å². The van der Waals surface area contributed by atoms with Gasteiger partial charge in [0.2, 0.25) is 0 Å². The Labute approximate surface area is 220 Å². The van der Waals surface area contributed by atoms with Crippen LogP contribution in [0.3, 0.4) is 0 Å². The normalized spacial score (nSPS) is 21.5. The van der Waals surface area contributed by atoms with Crippen molar-refractivity contribution >= 4 is 17.5 Å². The molecule has 0 unspecified atom stereocenters. The van der Waals surface area contributed by atoms with Crippen LogP contribution in [-0.4, -0.2) is 77.1 Å². The van der Waals surface area contributed by atoms with Gasteiger partial charge in [-0.2, -0.15) is 0 Å². The van der Waals surface area contributed by atoms with Gasteiger partial charge in [-0.05, 0) is 63.1 Å². The molecule has 0 saturated heterocycles. The summed E-state index contributed by atoms with van der Waals surface area (Å²) in [6.45, 7) is 6.13. The van der Waals surface area contributed by atoms with Gasteiger partial charge in [0.25, 0.3) is 11.8 Å². The number of pyridine rings is 1. The third-order valence-corrected chi connectivity index (χ3v) is 7.65. The van der Waals surface area contributed by atoms with Gasteiger partial charge in [-0.25, -0.2) is 0 Å². The number of anilines is 1. The van der Waals surface area contributed by atoms with Crippen molar-refractivity contribution in [3.8, 4) is 5.75 Å². The minimum absolute atomic E-state index is 0.0750. The number of hydrogen-bond donors (Lipinski definition) is 2. The molecule has 8 heteroatoms. The fraction of sp³-hybridized carbons (Fsp3) is 0.552. The summed E-state index contributed by atoms with van der Waals surface area (Å²) in [6, 6.07) is 8.14. The number of rotatable bonds is 8. The topological polar surface area (TPSA) is 95.0 Å². The molecule has 8 nitrogen and oxygen atoms in total. The molecule has 4 rings (SSSR count). The van der Waals surface area contributed by atoms with Crippen molar-refractivity contribution in [2.75, 3.05) is 38.6 Å². The fourth-order valence-corrected chi connectivity index (χ4v) is 5.42. The first-order valence-corrected chi connectivity index (χ1v) is 13.5.